The molecule has 5 heteroatoms. The van der Waals surface area contributed by atoms with Crippen molar-refractivity contribution in [1.82, 2.24) is 15.3 Å². The van der Waals surface area contributed by atoms with Crippen molar-refractivity contribution >= 4 is 0 Å². The van der Waals surface area contributed by atoms with Gasteiger partial charge in [0.25, 0.3) is 0 Å². The number of halogens is 1. The zero-order chi connectivity index (χ0) is 14.7. The van der Waals surface area contributed by atoms with Gasteiger partial charge < -0.3 is 15.0 Å². The predicted octanol–water partition coefficient (Wildman–Crippen LogP) is 2.77. The summed E-state index contributed by atoms with van der Waals surface area (Å²) in [5.74, 6) is 1.56. The molecule has 1 aromatic heterocycles. The van der Waals surface area contributed by atoms with E-state index < -0.39 is 0 Å². The van der Waals surface area contributed by atoms with Crippen LogP contribution in [0.1, 0.15) is 18.7 Å². The Balaban J connectivity index is 1.73. The molecule has 2 heterocycles. The molecule has 0 saturated carbocycles. The number of rotatable bonds is 4. The van der Waals surface area contributed by atoms with Crippen LogP contribution in [0.3, 0.4) is 0 Å². The minimum absolute atomic E-state index is 0.258. The van der Waals surface area contributed by atoms with E-state index >= 15 is 0 Å². The highest BCUT2D eigenvalue weighted by Gasteiger charge is 2.15. The molecule has 21 heavy (non-hydrogen) atoms. The molecule has 0 radical (unpaired) electrons. The molecule has 0 spiro atoms. The number of ether oxygens (including phenoxy) is 1. The van der Waals surface area contributed by atoms with Gasteiger partial charge in [0.15, 0.2) is 11.6 Å². The summed E-state index contributed by atoms with van der Waals surface area (Å²) in [6.07, 6.45) is 5.11. The fourth-order valence-electron chi connectivity index (χ4n) is 2.81. The van der Waals surface area contributed by atoms with Crippen LogP contribution in [0.2, 0.25) is 0 Å². The van der Waals surface area contributed by atoms with Crippen molar-refractivity contribution in [2.75, 3.05) is 20.2 Å². The molecule has 1 aromatic carbocycles. The van der Waals surface area contributed by atoms with Gasteiger partial charge in [-0.15, -0.1) is 0 Å². The van der Waals surface area contributed by atoms with Gasteiger partial charge in [0.2, 0.25) is 0 Å². The van der Waals surface area contributed by atoms with Crippen LogP contribution in [0.15, 0.2) is 24.4 Å². The largest absolute Gasteiger partial charge is 0.494 e. The Hall–Kier alpha value is -1.88. The van der Waals surface area contributed by atoms with Crippen LogP contribution < -0.4 is 10.1 Å². The molecular formula is C16H20FN3O. The van der Waals surface area contributed by atoms with Gasteiger partial charge in [0.05, 0.1) is 19.0 Å². The minimum Gasteiger partial charge on any atom is -0.494 e. The number of aromatic amines is 1. The van der Waals surface area contributed by atoms with Crippen LogP contribution in [0.4, 0.5) is 4.39 Å². The van der Waals surface area contributed by atoms with Crippen LogP contribution in [0.5, 0.6) is 5.75 Å². The molecule has 4 nitrogen and oxygen atoms in total. The Bertz CT molecular complexity index is 605. The van der Waals surface area contributed by atoms with E-state index in [0.29, 0.717) is 5.92 Å². The van der Waals surface area contributed by atoms with Gasteiger partial charge in [0.1, 0.15) is 5.82 Å². The molecule has 0 unspecified atom stereocenters. The highest BCUT2D eigenvalue weighted by Crippen LogP contribution is 2.25. The second-order valence-electron chi connectivity index (χ2n) is 5.49. The third-order valence-electron chi connectivity index (χ3n) is 4.03. The number of nitrogens with one attached hydrogen (secondary N) is 2. The van der Waals surface area contributed by atoms with Gasteiger partial charge in [-0.1, -0.05) is 0 Å². The van der Waals surface area contributed by atoms with E-state index in [1.807, 2.05) is 6.07 Å². The van der Waals surface area contributed by atoms with Crippen LogP contribution in [0, 0.1) is 11.7 Å². The van der Waals surface area contributed by atoms with E-state index in [1.165, 1.54) is 26.0 Å². The third kappa shape index (κ3) is 3.24. The Morgan fingerprint density at radius 3 is 2.86 bits per heavy atom. The van der Waals surface area contributed by atoms with Crippen molar-refractivity contribution in [2.24, 2.45) is 5.92 Å². The molecule has 112 valence electrons. The molecule has 0 aliphatic carbocycles. The van der Waals surface area contributed by atoms with Gasteiger partial charge in [-0.2, -0.15) is 0 Å². The lowest BCUT2D eigenvalue weighted by Gasteiger charge is -2.21. The smallest absolute Gasteiger partial charge is 0.165 e. The Labute approximate surface area is 123 Å². The maximum atomic E-state index is 13.7. The van der Waals surface area contributed by atoms with Gasteiger partial charge in [-0.05, 0) is 50.0 Å². The molecule has 1 aliphatic heterocycles. The van der Waals surface area contributed by atoms with Crippen molar-refractivity contribution < 1.29 is 9.13 Å². The predicted molar refractivity (Wildman–Crippen MR) is 79.8 cm³/mol. The summed E-state index contributed by atoms with van der Waals surface area (Å²) in [6.45, 7) is 2.17. The normalized spacial score (nSPS) is 16.1. The van der Waals surface area contributed by atoms with Crippen LogP contribution in [-0.2, 0) is 6.42 Å². The molecule has 2 N–H and O–H groups in total. The lowest BCUT2D eigenvalue weighted by Crippen LogP contribution is -2.28. The van der Waals surface area contributed by atoms with Gasteiger partial charge in [-0.25, -0.2) is 9.37 Å². The van der Waals surface area contributed by atoms with E-state index in [9.17, 15) is 4.39 Å². The summed E-state index contributed by atoms with van der Waals surface area (Å²) in [4.78, 5) is 7.73. The summed E-state index contributed by atoms with van der Waals surface area (Å²) < 4.78 is 18.7. The number of benzene rings is 1. The van der Waals surface area contributed by atoms with Gasteiger partial charge in [0, 0.05) is 12.0 Å². The standard InChI is InChI=1S/C16H20FN3O/c1-21-15-3-2-12(9-13(15)17)14-10-19-16(20-14)8-11-4-6-18-7-5-11/h2-3,9-11,18H,4-8H2,1H3,(H,19,20). The number of hydrogen-bond acceptors (Lipinski definition) is 3. The maximum absolute atomic E-state index is 13.7. The second kappa shape index (κ2) is 6.26. The molecule has 0 amide bonds. The van der Waals surface area contributed by atoms with Crippen LogP contribution in [0.25, 0.3) is 11.3 Å². The Kier molecular flexibility index (Phi) is 4.20. The molecule has 3 rings (SSSR count). The zero-order valence-corrected chi connectivity index (χ0v) is 12.2. The van der Waals surface area contributed by atoms with E-state index in [-0.39, 0.29) is 11.6 Å². The first-order valence-electron chi connectivity index (χ1n) is 7.35. The van der Waals surface area contributed by atoms with Crippen molar-refractivity contribution in [3.8, 4) is 17.0 Å². The van der Waals surface area contributed by atoms with E-state index in [1.54, 1.807) is 12.3 Å². The number of piperidine rings is 1. The lowest BCUT2D eigenvalue weighted by molar-refractivity contribution is 0.368. The Morgan fingerprint density at radius 2 is 2.14 bits per heavy atom. The first-order chi connectivity index (χ1) is 10.3. The van der Waals surface area contributed by atoms with Crippen molar-refractivity contribution in [2.45, 2.75) is 19.3 Å². The number of methoxy groups -OCH3 is 1. The highest BCUT2D eigenvalue weighted by molar-refractivity contribution is 5.59. The van der Waals surface area contributed by atoms with Crippen LogP contribution in [-0.4, -0.2) is 30.2 Å². The topological polar surface area (TPSA) is 49.9 Å². The van der Waals surface area contributed by atoms with Crippen molar-refractivity contribution in [3.63, 3.8) is 0 Å². The summed E-state index contributed by atoms with van der Waals surface area (Å²) in [7, 11) is 1.46. The van der Waals surface area contributed by atoms with E-state index in [2.05, 4.69) is 15.3 Å². The van der Waals surface area contributed by atoms with E-state index in [4.69, 9.17) is 4.74 Å². The van der Waals surface area contributed by atoms with Crippen molar-refractivity contribution in [1.29, 1.82) is 0 Å². The zero-order valence-electron chi connectivity index (χ0n) is 12.2. The minimum atomic E-state index is -0.357. The molecule has 1 saturated heterocycles. The average Bonchev–Trinajstić information content (AvgIpc) is 2.97. The van der Waals surface area contributed by atoms with Gasteiger partial charge >= 0.3 is 0 Å². The molecule has 0 atom stereocenters. The fraction of sp³-hybridized carbons (Fsp3) is 0.438. The molecular weight excluding hydrogens is 269 g/mol. The van der Waals surface area contributed by atoms with Crippen LogP contribution >= 0.6 is 0 Å². The number of nitrogens with zero attached hydrogens (tertiary/aromatic N) is 1. The molecule has 1 fully saturated rings. The Morgan fingerprint density at radius 1 is 1.33 bits per heavy atom. The average molecular weight is 289 g/mol. The van der Waals surface area contributed by atoms with Gasteiger partial charge in [-0.3, -0.25) is 0 Å². The fourth-order valence-corrected chi connectivity index (χ4v) is 2.81. The third-order valence-corrected chi connectivity index (χ3v) is 4.03. The first-order valence-corrected chi connectivity index (χ1v) is 7.35. The highest BCUT2D eigenvalue weighted by atomic mass is 19.1. The summed E-state index contributed by atoms with van der Waals surface area (Å²) in [5.41, 5.74) is 1.64. The second-order valence-corrected chi connectivity index (χ2v) is 5.49. The quantitative estimate of drug-likeness (QED) is 0.910. The molecule has 0 bridgehead atoms. The maximum Gasteiger partial charge on any atom is 0.165 e. The SMILES string of the molecule is COc1ccc(-c2cnc(CC3CCNCC3)[nH]2)cc1F. The summed E-state index contributed by atoms with van der Waals surface area (Å²) in [5, 5.41) is 3.36. The number of aromatic nitrogens is 2. The van der Waals surface area contributed by atoms with Crippen molar-refractivity contribution in [3.05, 3.63) is 36.0 Å². The first kappa shape index (κ1) is 14.1. The van der Waals surface area contributed by atoms with E-state index in [0.717, 1.165) is 36.6 Å². The summed E-state index contributed by atoms with van der Waals surface area (Å²) >= 11 is 0. The summed E-state index contributed by atoms with van der Waals surface area (Å²) in [6, 6.07) is 4.95. The molecule has 2 aromatic rings. The molecule has 1 aliphatic rings. The lowest BCUT2D eigenvalue weighted by atomic mass is 9.94. The number of hydrogen-bond donors (Lipinski definition) is 2. The number of imidazole rings is 1. The number of H-pyrrole nitrogens is 1. The monoisotopic (exact) mass is 289 g/mol.